The highest BCUT2D eigenvalue weighted by molar-refractivity contribution is 7.86. The summed E-state index contributed by atoms with van der Waals surface area (Å²) < 4.78 is 170. The molecule has 0 radical (unpaired) electrons. The van der Waals surface area contributed by atoms with Crippen LogP contribution >= 0.6 is 0 Å². The zero-order valence-electron chi connectivity index (χ0n) is 35.6. The van der Waals surface area contributed by atoms with E-state index in [9.17, 15) is 62.1 Å². The molecule has 0 spiro atoms. The summed E-state index contributed by atoms with van der Waals surface area (Å²) in [5, 5.41) is 36.9. The van der Waals surface area contributed by atoms with Crippen molar-refractivity contribution in [3.05, 3.63) is 72.8 Å². The van der Waals surface area contributed by atoms with Crippen molar-refractivity contribution in [1.29, 1.82) is 0 Å². The van der Waals surface area contributed by atoms with Gasteiger partial charge in [0.25, 0.3) is 40.5 Å². The monoisotopic (exact) mass is 1050 g/mol. The highest BCUT2D eigenvalue weighted by Crippen LogP contribution is 2.46. The van der Waals surface area contributed by atoms with Crippen LogP contribution in [0.25, 0.3) is 21.5 Å². The molecule has 7 rings (SSSR count). The van der Waals surface area contributed by atoms with Gasteiger partial charge < -0.3 is 50.1 Å². The van der Waals surface area contributed by atoms with Gasteiger partial charge in [0, 0.05) is 34.3 Å². The third-order valence-electron chi connectivity index (χ3n) is 9.79. The van der Waals surface area contributed by atoms with Crippen LogP contribution in [0, 0.1) is 0 Å². The van der Waals surface area contributed by atoms with E-state index < -0.39 is 82.9 Å². The fraction of sp³-hybridized carbons (Fsp3) is 0.200. The Morgan fingerprint density at radius 3 is 1.09 bits per heavy atom. The summed E-state index contributed by atoms with van der Waals surface area (Å²) in [5.74, 6) is -1.06. The van der Waals surface area contributed by atoms with Crippen molar-refractivity contribution in [2.75, 3.05) is 64.3 Å². The molecular formula is C40H38N6O20S4. The Labute approximate surface area is 396 Å². The van der Waals surface area contributed by atoms with Crippen LogP contribution in [0.3, 0.4) is 0 Å². The van der Waals surface area contributed by atoms with Gasteiger partial charge in [-0.25, -0.2) is 0 Å². The van der Waals surface area contributed by atoms with Gasteiger partial charge in [-0.05, 0) is 71.4 Å². The number of phenols is 2. The lowest BCUT2D eigenvalue weighted by molar-refractivity contribution is 0.0640. The van der Waals surface area contributed by atoms with Crippen molar-refractivity contribution in [1.82, 2.24) is 0 Å². The zero-order chi connectivity index (χ0) is 50.8. The van der Waals surface area contributed by atoms with Gasteiger partial charge in [0.1, 0.15) is 47.6 Å². The Balaban J connectivity index is 1.06. The summed E-state index contributed by atoms with van der Waals surface area (Å²) in [6, 6.07) is 13.4. The van der Waals surface area contributed by atoms with Crippen LogP contribution in [0.4, 0.5) is 34.1 Å². The molecule has 1 heterocycles. The lowest BCUT2D eigenvalue weighted by Crippen LogP contribution is -2.15. The number of aromatic hydroxyl groups is 2. The Morgan fingerprint density at radius 1 is 0.414 bits per heavy atom. The van der Waals surface area contributed by atoms with Gasteiger partial charge in [-0.15, -0.1) is 10.2 Å². The van der Waals surface area contributed by atoms with E-state index in [4.69, 9.17) is 39.9 Å². The SMILES string of the molecule is Nc1cc(S(=O)(=O)O)cc2cc(S(=O)(=O)O)c(N=Nc3ccc4c(c3)OCCOCCOc3ccc(N=Nc5c(S(=O)(=O)O)cc6cc(S(=O)(=O)O)cc(N)c6c5O)cc3OCCOCCO4)c(O)c12. The minimum Gasteiger partial charge on any atom is -0.505 e. The first-order valence-electron chi connectivity index (χ1n) is 19.8. The molecule has 0 bridgehead atoms. The summed E-state index contributed by atoms with van der Waals surface area (Å²) in [5.41, 5.74) is 9.76. The van der Waals surface area contributed by atoms with Crippen LogP contribution in [0.1, 0.15) is 0 Å². The molecule has 0 amide bonds. The number of nitrogens with zero attached hydrogens (tertiary/aromatic N) is 4. The summed E-state index contributed by atoms with van der Waals surface area (Å²) in [6.07, 6.45) is 0. The molecule has 0 atom stereocenters. The number of nitrogen functional groups attached to an aromatic ring is 2. The van der Waals surface area contributed by atoms with Crippen molar-refractivity contribution >= 4 is 96.1 Å². The molecule has 0 unspecified atom stereocenters. The van der Waals surface area contributed by atoms with Gasteiger partial charge in [0.2, 0.25) is 0 Å². The zero-order valence-corrected chi connectivity index (χ0v) is 38.8. The Morgan fingerprint density at radius 2 is 0.757 bits per heavy atom. The van der Waals surface area contributed by atoms with Crippen LogP contribution in [0.5, 0.6) is 34.5 Å². The molecule has 0 aromatic heterocycles. The van der Waals surface area contributed by atoms with E-state index in [1.807, 2.05) is 0 Å². The highest BCUT2D eigenvalue weighted by atomic mass is 32.2. The number of ether oxygens (including phenoxy) is 6. The number of fused-ring (bicyclic) bond motifs is 4. The third-order valence-corrected chi connectivity index (χ3v) is 13.2. The molecule has 0 saturated heterocycles. The minimum atomic E-state index is -5.12. The van der Waals surface area contributed by atoms with Crippen molar-refractivity contribution in [2.24, 2.45) is 20.5 Å². The number of benzene rings is 6. The van der Waals surface area contributed by atoms with Crippen molar-refractivity contribution < 1.29 is 90.5 Å². The Bertz CT molecular complexity index is 3340. The van der Waals surface area contributed by atoms with Gasteiger partial charge in [-0.2, -0.15) is 43.9 Å². The van der Waals surface area contributed by atoms with Crippen LogP contribution < -0.4 is 30.4 Å². The first-order chi connectivity index (χ1) is 32.9. The average molecular weight is 1050 g/mol. The van der Waals surface area contributed by atoms with E-state index in [1.165, 1.54) is 36.4 Å². The summed E-state index contributed by atoms with van der Waals surface area (Å²) in [4.78, 5) is -3.32. The highest BCUT2D eigenvalue weighted by Gasteiger charge is 2.27. The average Bonchev–Trinajstić information content (AvgIpc) is 3.26. The number of azo groups is 2. The molecule has 0 fully saturated rings. The van der Waals surface area contributed by atoms with Gasteiger partial charge in [0.05, 0.1) is 47.6 Å². The van der Waals surface area contributed by atoms with Crippen molar-refractivity contribution in [3.8, 4) is 34.5 Å². The quantitative estimate of drug-likeness (QED) is 0.0518. The second kappa shape index (κ2) is 20.2. The molecule has 26 nitrogen and oxygen atoms in total. The van der Waals surface area contributed by atoms with Crippen molar-refractivity contribution in [3.63, 3.8) is 0 Å². The molecule has 1 aliphatic rings. The molecule has 10 N–H and O–H groups in total. The maximum atomic E-state index is 12.4. The van der Waals surface area contributed by atoms with E-state index in [0.29, 0.717) is 0 Å². The van der Waals surface area contributed by atoms with Gasteiger partial charge >= 0.3 is 0 Å². The summed E-state index contributed by atoms with van der Waals surface area (Å²) >= 11 is 0. The third kappa shape index (κ3) is 11.7. The first-order valence-corrected chi connectivity index (χ1v) is 25.5. The maximum absolute atomic E-state index is 12.4. The molecular weight excluding hydrogens is 1010 g/mol. The number of rotatable bonds is 8. The van der Waals surface area contributed by atoms with E-state index in [0.717, 1.165) is 36.4 Å². The number of phenolic OH excluding ortho intramolecular Hbond substituents is 2. The van der Waals surface area contributed by atoms with Gasteiger partial charge in [0.15, 0.2) is 34.5 Å². The molecule has 70 heavy (non-hydrogen) atoms. The maximum Gasteiger partial charge on any atom is 0.296 e. The van der Waals surface area contributed by atoms with Crippen LogP contribution in [0.2, 0.25) is 0 Å². The topological polar surface area (TPSA) is 415 Å². The molecule has 372 valence electrons. The van der Waals surface area contributed by atoms with Crippen LogP contribution in [0.15, 0.2) is 113 Å². The number of hydrogen-bond acceptors (Lipinski definition) is 22. The van der Waals surface area contributed by atoms with Gasteiger partial charge in [-0.1, -0.05) is 0 Å². The largest absolute Gasteiger partial charge is 0.505 e. The molecule has 30 heteroatoms. The minimum absolute atomic E-state index is 0.0120. The number of nitrogens with two attached hydrogens (primary N) is 2. The molecule has 1 aliphatic heterocycles. The predicted molar refractivity (Wildman–Crippen MR) is 244 cm³/mol. The van der Waals surface area contributed by atoms with Crippen LogP contribution in [-0.2, 0) is 49.9 Å². The lowest BCUT2D eigenvalue weighted by Gasteiger charge is -2.16. The standard InChI is InChI=1S/C40H38N6O20S4/c41-27-19-25(67(49,50)51)13-21-15-33(69(55,56)57)37(39(47)35(21)27)45-43-23-1-3-29-31(17-23)65-11-7-62-6-10-64-30-4-2-24(18-32(30)66-12-8-61-5-9-63-29)44-46-38-34(70(58,59)60)16-22-14-26(68(52,53)54)20-28(42)36(22)40(38)48/h1-4,13-20,47-48H,5-12,41-42H2,(H,49,50,51)(H,52,53,54)(H,55,56,57)(H,58,59,60). The normalized spacial score (nSPS) is 15.0. The molecule has 6 aromatic carbocycles. The number of hydrogen-bond donors (Lipinski definition) is 8. The fourth-order valence-electron chi connectivity index (χ4n) is 6.71. The smallest absolute Gasteiger partial charge is 0.296 e. The number of anilines is 2. The Hall–Kier alpha value is -7.00. The van der Waals surface area contributed by atoms with E-state index in [2.05, 4.69) is 20.5 Å². The fourth-order valence-corrected chi connectivity index (χ4v) is 9.13. The first kappa shape index (κ1) is 50.9. The van der Waals surface area contributed by atoms with Crippen LogP contribution in [-0.4, -0.2) is 115 Å². The lowest BCUT2D eigenvalue weighted by atomic mass is 10.1. The molecule has 6 aromatic rings. The second-order valence-electron chi connectivity index (χ2n) is 14.5. The second-order valence-corrected chi connectivity index (χ2v) is 20.2. The van der Waals surface area contributed by atoms with E-state index >= 15 is 0 Å². The molecule has 0 aliphatic carbocycles. The predicted octanol–water partition coefficient (Wildman–Crippen LogP) is 5.65. The van der Waals surface area contributed by atoms with Crippen molar-refractivity contribution in [2.45, 2.75) is 19.6 Å². The molecule has 0 saturated carbocycles. The summed E-state index contributed by atoms with van der Waals surface area (Å²) in [6.45, 7) is -0.0128. The van der Waals surface area contributed by atoms with E-state index in [-0.39, 0.29) is 120 Å². The van der Waals surface area contributed by atoms with E-state index in [1.54, 1.807) is 0 Å². The Kier molecular flexibility index (Phi) is 14.6. The summed E-state index contributed by atoms with van der Waals surface area (Å²) in [7, 11) is -19.8. The van der Waals surface area contributed by atoms with Gasteiger partial charge in [-0.3, -0.25) is 18.2 Å².